The van der Waals surface area contributed by atoms with E-state index in [-0.39, 0.29) is 34.1 Å². The molecule has 0 aliphatic carbocycles. The fourth-order valence-corrected chi connectivity index (χ4v) is 3.08. The first kappa shape index (κ1) is 20.1. The minimum absolute atomic E-state index is 0.0428. The molecule has 0 radical (unpaired) electrons. The number of halogens is 2. The van der Waals surface area contributed by atoms with Gasteiger partial charge in [-0.05, 0) is 38.5 Å². The Hall–Kier alpha value is -3.67. The van der Waals surface area contributed by atoms with E-state index < -0.39 is 28.6 Å². The summed E-state index contributed by atoms with van der Waals surface area (Å²) in [6, 6.07) is 4.07. The largest absolute Gasteiger partial charge is 0.345 e. The van der Waals surface area contributed by atoms with Crippen LogP contribution in [-0.4, -0.2) is 20.9 Å². The number of H-pyrrole nitrogens is 1. The zero-order valence-electron chi connectivity index (χ0n) is 15.9. The predicted molar refractivity (Wildman–Crippen MR) is 101 cm³/mol. The second-order valence-electron chi connectivity index (χ2n) is 7.09. The third kappa shape index (κ3) is 3.82. The summed E-state index contributed by atoms with van der Waals surface area (Å²) >= 11 is 0. The van der Waals surface area contributed by atoms with E-state index >= 15 is 0 Å². The van der Waals surface area contributed by atoms with Gasteiger partial charge >= 0.3 is 0 Å². The maximum absolute atomic E-state index is 14.2. The van der Waals surface area contributed by atoms with Crippen molar-refractivity contribution in [1.82, 2.24) is 20.3 Å². The molecule has 0 saturated carbocycles. The minimum Gasteiger partial charge on any atom is -0.345 e. The number of nitrogens with zero attached hydrogens (tertiary/aromatic N) is 3. The van der Waals surface area contributed by atoms with Gasteiger partial charge in [-0.15, -0.1) is 0 Å². The molecule has 7 nitrogen and oxygen atoms in total. The zero-order chi connectivity index (χ0) is 21.3. The van der Waals surface area contributed by atoms with E-state index in [4.69, 9.17) is 5.26 Å². The molecule has 0 spiro atoms. The van der Waals surface area contributed by atoms with Gasteiger partial charge in [0.05, 0.1) is 35.6 Å². The van der Waals surface area contributed by atoms with Gasteiger partial charge in [-0.2, -0.15) is 5.26 Å². The highest BCUT2D eigenvalue weighted by Gasteiger charge is 2.26. The Morgan fingerprint density at radius 1 is 1.28 bits per heavy atom. The van der Waals surface area contributed by atoms with Crippen molar-refractivity contribution in [3.05, 3.63) is 69.0 Å². The molecule has 148 valence electrons. The Kier molecular flexibility index (Phi) is 5.12. The molecule has 29 heavy (non-hydrogen) atoms. The van der Waals surface area contributed by atoms with Gasteiger partial charge < -0.3 is 10.3 Å². The number of hydrogen-bond acceptors (Lipinski definition) is 5. The Balaban J connectivity index is 1.90. The molecule has 0 aliphatic rings. The SMILES string of the molecule is Cc1c(CC(=O)NC(C)(C)c2cnc(C#N)cn2)c(=O)[nH]c2ccc(F)c(F)c12. The lowest BCUT2D eigenvalue weighted by Gasteiger charge is -2.25. The number of nitrogens with one attached hydrogen (secondary N) is 2. The summed E-state index contributed by atoms with van der Waals surface area (Å²) in [5, 5.41) is 11.5. The molecule has 2 aromatic heterocycles. The summed E-state index contributed by atoms with van der Waals surface area (Å²) in [5.41, 5.74) is -0.526. The first-order chi connectivity index (χ1) is 13.6. The highest BCUT2D eigenvalue weighted by molar-refractivity contribution is 5.86. The van der Waals surface area contributed by atoms with Gasteiger partial charge in [-0.1, -0.05) is 0 Å². The van der Waals surface area contributed by atoms with Crippen molar-refractivity contribution in [2.45, 2.75) is 32.7 Å². The van der Waals surface area contributed by atoms with Gasteiger partial charge in [-0.25, -0.2) is 13.8 Å². The van der Waals surface area contributed by atoms with E-state index in [0.717, 1.165) is 6.07 Å². The lowest BCUT2D eigenvalue weighted by molar-refractivity contribution is -0.122. The third-order valence-electron chi connectivity index (χ3n) is 4.64. The Morgan fingerprint density at radius 2 is 2.00 bits per heavy atom. The highest BCUT2D eigenvalue weighted by Crippen LogP contribution is 2.23. The number of aromatic nitrogens is 3. The molecule has 3 aromatic rings. The lowest BCUT2D eigenvalue weighted by Crippen LogP contribution is -2.43. The molecule has 3 rings (SSSR count). The van der Waals surface area contributed by atoms with Crippen molar-refractivity contribution in [2.24, 2.45) is 0 Å². The topological polar surface area (TPSA) is 112 Å². The summed E-state index contributed by atoms with van der Waals surface area (Å²) < 4.78 is 27.8. The molecule has 1 aromatic carbocycles. The molecule has 1 amide bonds. The number of fused-ring (bicyclic) bond motifs is 1. The van der Waals surface area contributed by atoms with Gasteiger partial charge in [-0.3, -0.25) is 14.6 Å². The number of aryl methyl sites for hydroxylation is 1. The van der Waals surface area contributed by atoms with E-state index in [2.05, 4.69) is 20.3 Å². The van der Waals surface area contributed by atoms with E-state index in [1.165, 1.54) is 25.4 Å². The number of carbonyl (C=O) groups excluding carboxylic acids is 1. The van der Waals surface area contributed by atoms with Crippen LogP contribution in [0.1, 0.15) is 36.4 Å². The summed E-state index contributed by atoms with van der Waals surface area (Å²) in [6.07, 6.45) is 2.34. The standard InChI is InChI=1S/C20H17F2N5O2/c1-10-12(19(29)26-14-5-4-13(21)18(22)17(10)14)6-16(28)27-20(2,3)15-9-24-11(7-23)8-25-15/h4-5,8-9H,6H2,1-3H3,(H,26,29)(H,27,28). The van der Waals surface area contributed by atoms with Crippen LogP contribution in [0.15, 0.2) is 29.3 Å². The van der Waals surface area contributed by atoms with Crippen LogP contribution in [0, 0.1) is 29.9 Å². The van der Waals surface area contributed by atoms with Gasteiger partial charge in [0, 0.05) is 10.9 Å². The summed E-state index contributed by atoms with van der Waals surface area (Å²) in [7, 11) is 0. The van der Waals surface area contributed by atoms with Gasteiger partial charge in [0.2, 0.25) is 5.91 Å². The van der Waals surface area contributed by atoms with Crippen molar-refractivity contribution in [1.29, 1.82) is 5.26 Å². The number of amides is 1. The van der Waals surface area contributed by atoms with E-state index in [0.29, 0.717) is 5.69 Å². The van der Waals surface area contributed by atoms with Crippen molar-refractivity contribution in [3.8, 4) is 6.07 Å². The first-order valence-corrected chi connectivity index (χ1v) is 8.67. The molecule has 2 N–H and O–H groups in total. The van der Waals surface area contributed by atoms with Crippen LogP contribution < -0.4 is 10.9 Å². The number of nitriles is 1. The smallest absolute Gasteiger partial charge is 0.252 e. The number of carbonyl (C=O) groups is 1. The molecule has 0 aliphatic heterocycles. The fourth-order valence-electron chi connectivity index (χ4n) is 3.08. The van der Waals surface area contributed by atoms with Crippen LogP contribution in [-0.2, 0) is 16.8 Å². The van der Waals surface area contributed by atoms with Gasteiger partial charge in [0.15, 0.2) is 17.3 Å². The average Bonchev–Trinajstić information content (AvgIpc) is 2.67. The quantitative estimate of drug-likeness (QED) is 0.702. The molecular formula is C20H17F2N5O2. The van der Waals surface area contributed by atoms with Crippen molar-refractivity contribution in [3.63, 3.8) is 0 Å². The van der Waals surface area contributed by atoms with Gasteiger partial charge in [0.1, 0.15) is 6.07 Å². The second kappa shape index (κ2) is 7.39. The fraction of sp³-hybridized carbons (Fsp3) is 0.250. The highest BCUT2D eigenvalue weighted by atomic mass is 19.2. The van der Waals surface area contributed by atoms with Crippen LogP contribution in [0.3, 0.4) is 0 Å². The molecule has 0 fully saturated rings. The normalized spacial score (nSPS) is 11.3. The second-order valence-corrected chi connectivity index (χ2v) is 7.09. The molecule has 0 saturated heterocycles. The predicted octanol–water partition coefficient (Wildman–Crippen LogP) is 2.37. The van der Waals surface area contributed by atoms with E-state index in [1.807, 2.05) is 6.07 Å². The van der Waals surface area contributed by atoms with Crippen LogP contribution in [0.4, 0.5) is 8.78 Å². The summed E-state index contributed by atoms with van der Waals surface area (Å²) in [4.78, 5) is 35.5. The van der Waals surface area contributed by atoms with Crippen LogP contribution >= 0.6 is 0 Å². The number of aromatic amines is 1. The maximum atomic E-state index is 14.2. The van der Waals surface area contributed by atoms with Crippen LogP contribution in [0.2, 0.25) is 0 Å². The monoisotopic (exact) mass is 397 g/mol. The van der Waals surface area contributed by atoms with Crippen LogP contribution in [0.5, 0.6) is 0 Å². The number of benzene rings is 1. The molecule has 2 heterocycles. The number of hydrogen-bond donors (Lipinski definition) is 2. The Bertz CT molecular complexity index is 1210. The van der Waals surface area contributed by atoms with Crippen molar-refractivity contribution >= 4 is 16.8 Å². The molecule has 0 atom stereocenters. The average molecular weight is 397 g/mol. The maximum Gasteiger partial charge on any atom is 0.252 e. The van der Waals surface area contributed by atoms with Crippen molar-refractivity contribution < 1.29 is 13.6 Å². The number of rotatable bonds is 4. The Morgan fingerprint density at radius 3 is 2.62 bits per heavy atom. The Labute approximate surface area is 164 Å². The molecule has 0 bridgehead atoms. The summed E-state index contributed by atoms with van der Waals surface area (Å²) in [6.45, 7) is 4.85. The van der Waals surface area contributed by atoms with Crippen molar-refractivity contribution in [2.75, 3.05) is 0 Å². The molecular weight excluding hydrogens is 380 g/mol. The first-order valence-electron chi connectivity index (χ1n) is 8.67. The summed E-state index contributed by atoms with van der Waals surface area (Å²) in [5.74, 6) is -2.62. The van der Waals surface area contributed by atoms with E-state index in [1.54, 1.807) is 13.8 Å². The number of pyridine rings is 1. The third-order valence-corrected chi connectivity index (χ3v) is 4.64. The lowest BCUT2D eigenvalue weighted by atomic mass is 9.98. The molecule has 0 unspecified atom stereocenters. The zero-order valence-corrected chi connectivity index (χ0v) is 15.9. The minimum atomic E-state index is -1.08. The van der Waals surface area contributed by atoms with Gasteiger partial charge in [0.25, 0.3) is 5.56 Å². The molecule has 9 heteroatoms. The van der Waals surface area contributed by atoms with E-state index in [9.17, 15) is 18.4 Å². The van der Waals surface area contributed by atoms with Crippen LogP contribution in [0.25, 0.3) is 10.9 Å².